The average Bonchev–Trinajstić information content (AvgIpc) is 3.28. The normalized spacial score (nSPS) is 17.8. The van der Waals surface area contributed by atoms with Gasteiger partial charge in [0.05, 0.1) is 19.1 Å². The number of likely N-dealkylation sites (tertiary alicyclic amines) is 1. The molecule has 13 nitrogen and oxygen atoms in total. The van der Waals surface area contributed by atoms with Gasteiger partial charge in [0.2, 0.25) is 29.5 Å². The van der Waals surface area contributed by atoms with Gasteiger partial charge in [0, 0.05) is 6.54 Å². The molecule has 0 saturated carbocycles. The van der Waals surface area contributed by atoms with Gasteiger partial charge >= 0.3 is 5.97 Å². The third-order valence-corrected chi connectivity index (χ3v) is 5.74. The van der Waals surface area contributed by atoms with E-state index in [0.717, 1.165) is 0 Å². The number of rotatable bonds is 13. The molecule has 0 bridgehead atoms. The number of carboxylic acids is 1. The van der Waals surface area contributed by atoms with Crippen LogP contribution in [0, 0.1) is 11.8 Å². The van der Waals surface area contributed by atoms with E-state index in [1.54, 1.807) is 13.8 Å². The predicted molar refractivity (Wildman–Crippen MR) is 130 cm³/mol. The van der Waals surface area contributed by atoms with Crippen LogP contribution in [0.5, 0.6) is 0 Å². The molecule has 1 aliphatic rings. The quantitative estimate of drug-likeness (QED) is 0.168. The van der Waals surface area contributed by atoms with E-state index in [-0.39, 0.29) is 17.7 Å². The molecule has 5 amide bonds. The molecule has 1 fully saturated rings. The van der Waals surface area contributed by atoms with Gasteiger partial charge in [-0.2, -0.15) is 0 Å². The van der Waals surface area contributed by atoms with Crippen molar-refractivity contribution in [3.8, 4) is 0 Å². The summed E-state index contributed by atoms with van der Waals surface area (Å²) < 4.78 is 0. The van der Waals surface area contributed by atoms with E-state index in [0.29, 0.717) is 25.8 Å². The number of amides is 5. The van der Waals surface area contributed by atoms with Gasteiger partial charge < -0.3 is 37.0 Å². The van der Waals surface area contributed by atoms with Crippen molar-refractivity contribution in [2.75, 3.05) is 19.6 Å². The van der Waals surface area contributed by atoms with E-state index < -0.39 is 66.9 Å². The molecule has 0 aromatic rings. The first-order valence-corrected chi connectivity index (χ1v) is 12.2. The second-order valence-electron chi connectivity index (χ2n) is 9.78. The molecular weight excluding hydrogens is 472 g/mol. The molecule has 0 unspecified atom stereocenters. The van der Waals surface area contributed by atoms with E-state index in [2.05, 4.69) is 21.3 Å². The highest BCUT2D eigenvalue weighted by atomic mass is 16.4. The number of carbonyl (C=O) groups excluding carboxylic acids is 5. The van der Waals surface area contributed by atoms with Gasteiger partial charge in [-0.05, 0) is 38.0 Å². The zero-order valence-corrected chi connectivity index (χ0v) is 21.6. The number of hydrogen-bond donors (Lipinski definition) is 6. The van der Waals surface area contributed by atoms with Crippen molar-refractivity contribution in [2.24, 2.45) is 17.6 Å². The van der Waals surface area contributed by atoms with E-state index in [4.69, 9.17) is 10.8 Å². The maximum Gasteiger partial charge on any atom is 0.325 e. The highest BCUT2D eigenvalue weighted by Gasteiger charge is 2.36. The number of aliphatic carboxylic acids is 1. The van der Waals surface area contributed by atoms with Crippen LogP contribution in [-0.2, 0) is 28.8 Å². The SMILES string of the molecule is CC(C)C[C@H](N)C(=O)N1CCC[C@H]1C(=O)NCC(=O)N[C@H](C(=O)NCC(=O)N[C@@H](C)C(=O)O)C(C)C. The maximum absolute atomic E-state index is 12.7. The molecule has 0 spiro atoms. The van der Waals surface area contributed by atoms with Crippen molar-refractivity contribution in [3.05, 3.63) is 0 Å². The largest absolute Gasteiger partial charge is 0.480 e. The Hall–Kier alpha value is -3.22. The Morgan fingerprint density at radius 3 is 2.08 bits per heavy atom. The molecule has 0 radical (unpaired) electrons. The van der Waals surface area contributed by atoms with Gasteiger partial charge in [-0.15, -0.1) is 0 Å². The Kier molecular flexibility index (Phi) is 12.3. The third-order valence-electron chi connectivity index (χ3n) is 5.74. The van der Waals surface area contributed by atoms with Gasteiger partial charge in [0.1, 0.15) is 18.1 Å². The summed E-state index contributed by atoms with van der Waals surface area (Å²) in [6.45, 7) is 8.14. The van der Waals surface area contributed by atoms with Crippen molar-refractivity contribution in [1.82, 2.24) is 26.2 Å². The molecule has 4 atom stereocenters. The summed E-state index contributed by atoms with van der Waals surface area (Å²) in [7, 11) is 0. The molecule has 204 valence electrons. The molecule has 1 saturated heterocycles. The van der Waals surface area contributed by atoms with Gasteiger partial charge in [0.15, 0.2) is 0 Å². The van der Waals surface area contributed by atoms with E-state index in [1.807, 2.05) is 13.8 Å². The first-order valence-electron chi connectivity index (χ1n) is 12.2. The van der Waals surface area contributed by atoms with Crippen molar-refractivity contribution >= 4 is 35.5 Å². The van der Waals surface area contributed by atoms with Crippen LogP contribution in [0.3, 0.4) is 0 Å². The molecule has 1 rings (SSSR count). The summed E-state index contributed by atoms with van der Waals surface area (Å²) in [5.41, 5.74) is 6.00. The summed E-state index contributed by atoms with van der Waals surface area (Å²) in [5.74, 6) is -4.02. The number of nitrogens with one attached hydrogen (secondary N) is 4. The van der Waals surface area contributed by atoms with E-state index in [9.17, 15) is 28.8 Å². The van der Waals surface area contributed by atoms with Gasteiger partial charge in [-0.1, -0.05) is 27.7 Å². The Morgan fingerprint density at radius 2 is 1.53 bits per heavy atom. The summed E-state index contributed by atoms with van der Waals surface area (Å²) >= 11 is 0. The van der Waals surface area contributed by atoms with Crippen LogP contribution in [0.2, 0.25) is 0 Å². The fourth-order valence-electron chi connectivity index (χ4n) is 3.80. The number of hydrogen-bond acceptors (Lipinski definition) is 7. The number of carboxylic acid groups (broad SMARTS) is 1. The summed E-state index contributed by atoms with van der Waals surface area (Å²) in [6.07, 6.45) is 1.62. The average molecular weight is 513 g/mol. The van der Waals surface area contributed by atoms with Gasteiger partial charge in [-0.3, -0.25) is 28.8 Å². The Morgan fingerprint density at radius 1 is 0.944 bits per heavy atom. The number of nitrogens with zero attached hydrogens (tertiary/aromatic N) is 1. The van der Waals surface area contributed by atoms with Crippen LogP contribution in [-0.4, -0.2) is 89.3 Å². The monoisotopic (exact) mass is 512 g/mol. The van der Waals surface area contributed by atoms with E-state index >= 15 is 0 Å². The lowest BCUT2D eigenvalue weighted by Gasteiger charge is -2.27. The van der Waals surface area contributed by atoms with Crippen molar-refractivity contribution in [1.29, 1.82) is 0 Å². The Bertz CT molecular complexity index is 832. The minimum absolute atomic E-state index is 0.233. The molecule has 0 aromatic heterocycles. The lowest BCUT2D eigenvalue weighted by atomic mass is 10.0. The second-order valence-corrected chi connectivity index (χ2v) is 9.78. The standard InChI is InChI=1S/C23H40N6O7/c1-12(2)9-15(24)22(34)29-8-6-7-16(29)20(32)25-11-18(31)28-19(13(3)4)21(33)26-10-17(30)27-14(5)23(35)36/h12-16,19H,6-11,24H2,1-5H3,(H,25,32)(H,26,33)(H,27,30)(H,28,31)(H,35,36)/t14-,15-,16-,19-/m0/s1. The van der Waals surface area contributed by atoms with Crippen molar-refractivity contribution < 1.29 is 33.9 Å². The highest BCUT2D eigenvalue weighted by molar-refractivity contribution is 5.94. The van der Waals surface area contributed by atoms with Crippen LogP contribution in [0.4, 0.5) is 0 Å². The summed E-state index contributed by atoms with van der Waals surface area (Å²) in [6, 6.07) is -3.51. The van der Waals surface area contributed by atoms with Crippen LogP contribution < -0.4 is 27.0 Å². The molecule has 7 N–H and O–H groups in total. The molecular formula is C23H40N6O7. The van der Waals surface area contributed by atoms with Gasteiger partial charge in [0.25, 0.3) is 0 Å². The van der Waals surface area contributed by atoms with Crippen molar-refractivity contribution in [3.63, 3.8) is 0 Å². The molecule has 13 heteroatoms. The minimum atomic E-state index is -1.22. The van der Waals surface area contributed by atoms with Crippen LogP contribution in [0.15, 0.2) is 0 Å². The molecule has 1 aliphatic heterocycles. The Labute approximate surface area is 211 Å². The molecule has 0 aromatic carbocycles. The molecule has 0 aliphatic carbocycles. The number of carbonyl (C=O) groups is 6. The van der Waals surface area contributed by atoms with Crippen LogP contribution in [0.1, 0.15) is 53.9 Å². The van der Waals surface area contributed by atoms with Gasteiger partial charge in [-0.25, -0.2) is 0 Å². The zero-order chi connectivity index (χ0) is 27.6. The summed E-state index contributed by atoms with van der Waals surface area (Å²) in [4.78, 5) is 74.3. The third kappa shape index (κ3) is 9.80. The van der Waals surface area contributed by atoms with E-state index in [1.165, 1.54) is 11.8 Å². The molecule has 36 heavy (non-hydrogen) atoms. The fourth-order valence-corrected chi connectivity index (χ4v) is 3.80. The van der Waals surface area contributed by atoms with Crippen LogP contribution in [0.25, 0.3) is 0 Å². The molecule has 1 heterocycles. The minimum Gasteiger partial charge on any atom is -0.480 e. The summed E-state index contributed by atoms with van der Waals surface area (Å²) in [5, 5.41) is 18.4. The number of nitrogens with two attached hydrogens (primary N) is 1. The highest BCUT2D eigenvalue weighted by Crippen LogP contribution is 2.19. The predicted octanol–water partition coefficient (Wildman–Crippen LogP) is -1.69. The first-order chi connectivity index (χ1) is 16.7. The van der Waals surface area contributed by atoms with Crippen LogP contribution >= 0.6 is 0 Å². The smallest absolute Gasteiger partial charge is 0.325 e. The van der Waals surface area contributed by atoms with Crippen molar-refractivity contribution in [2.45, 2.75) is 78.0 Å². The Balaban J connectivity index is 2.59. The fraction of sp³-hybridized carbons (Fsp3) is 0.739. The maximum atomic E-state index is 12.7. The second kappa shape index (κ2) is 14.4. The first kappa shape index (κ1) is 30.8. The zero-order valence-electron chi connectivity index (χ0n) is 21.6. The lowest BCUT2D eigenvalue weighted by molar-refractivity contribution is -0.141. The topological polar surface area (TPSA) is 200 Å². The lowest BCUT2D eigenvalue weighted by Crippen LogP contribution is -2.55.